The van der Waals surface area contributed by atoms with Crippen molar-refractivity contribution in [2.45, 2.75) is 32.4 Å². The molecule has 3 N–H and O–H groups in total. The maximum atomic E-state index is 13.4. The molecule has 190 valence electrons. The number of halogens is 1. The number of phenolic OH excluding ortho intramolecular Hbond substituents is 2. The molecule has 2 unspecified atom stereocenters. The van der Waals surface area contributed by atoms with Gasteiger partial charge in [-0.1, -0.05) is 17.7 Å². The van der Waals surface area contributed by atoms with Crippen LogP contribution in [-0.2, 0) is 16.0 Å². The van der Waals surface area contributed by atoms with Crippen molar-refractivity contribution in [2.75, 3.05) is 11.5 Å². The average Bonchev–Trinajstić information content (AvgIpc) is 3.37. The largest absolute Gasteiger partial charge is 0.507 e. The van der Waals surface area contributed by atoms with Crippen LogP contribution < -0.4 is 14.4 Å². The Morgan fingerprint density at radius 3 is 2.59 bits per heavy atom. The molecule has 0 aromatic heterocycles. The molecule has 2 aliphatic heterocycles. The number of aliphatic hydroxyl groups excluding tert-OH is 1. The predicted molar refractivity (Wildman–Crippen MR) is 137 cm³/mol. The molecule has 0 radical (unpaired) electrons. The molecule has 1 fully saturated rings. The molecule has 37 heavy (non-hydrogen) atoms. The minimum absolute atomic E-state index is 0.000799. The number of hydrogen-bond donors (Lipinski definition) is 3. The van der Waals surface area contributed by atoms with Crippen molar-refractivity contribution < 1.29 is 34.4 Å². The number of fused-ring (bicyclic) bond motifs is 1. The molecule has 2 heterocycles. The standard InChI is InChI=1S/C28H24ClNO7/c1-3-36-23-12-15(4-7-21(23)32)25-24(26(33)16-5-9-22-17(11-16)10-14(2)37-22)27(34)28(35)30(25)19-13-18(29)6-8-20(19)31/h4-9,11-14,25,31-33H,3,10H2,1-2H3/b26-24+. The number of hydrogen-bond acceptors (Lipinski definition) is 7. The summed E-state index contributed by atoms with van der Waals surface area (Å²) in [6, 6.07) is 12.5. The Kier molecular flexibility index (Phi) is 6.21. The first-order valence-corrected chi connectivity index (χ1v) is 12.1. The van der Waals surface area contributed by atoms with E-state index in [1.807, 2.05) is 6.92 Å². The van der Waals surface area contributed by atoms with E-state index in [1.54, 1.807) is 25.1 Å². The highest BCUT2D eigenvalue weighted by atomic mass is 35.5. The molecular weight excluding hydrogens is 498 g/mol. The summed E-state index contributed by atoms with van der Waals surface area (Å²) in [6.45, 7) is 3.95. The van der Waals surface area contributed by atoms with Gasteiger partial charge in [-0.3, -0.25) is 14.5 Å². The van der Waals surface area contributed by atoms with Gasteiger partial charge >= 0.3 is 0 Å². The summed E-state index contributed by atoms with van der Waals surface area (Å²) in [4.78, 5) is 27.9. The number of phenols is 2. The van der Waals surface area contributed by atoms with Crippen LogP contribution in [0.25, 0.3) is 5.76 Å². The monoisotopic (exact) mass is 521 g/mol. The van der Waals surface area contributed by atoms with Gasteiger partial charge in [-0.15, -0.1) is 0 Å². The number of nitrogens with zero attached hydrogens (tertiary/aromatic N) is 1. The fraction of sp³-hybridized carbons (Fsp3) is 0.214. The lowest BCUT2D eigenvalue weighted by Crippen LogP contribution is -2.29. The molecule has 2 atom stereocenters. The van der Waals surface area contributed by atoms with E-state index in [4.69, 9.17) is 21.1 Å². The van der Waals surface area contributed by atoms with E-state index in [-0.39, 0.29) is 52.0 Å². The summed E-state index contributed by atoms with van der Waals surface area (Å²) in [6.07, 6.45) is 0.623. The van der Waals surface area contributed by atoms with Gasteiger partial charge in [-0.25, -0.2) is 0 Å². The van der Waals surface area contributed by atoms with E-state index in [0.29, 0.717) is 23.3 Å². The zero-order valence-corrected chi connectivity index (χ0v) is 20.8. The molecular formula is C28H24ClNO7. The van der Waals surface area contributed by atoms with Gasteiger partial charge in [-0.2, -0.15) is 0 Å². The first-order valence-electron chi connectivity index (χ1n) is 11.7. The second-order valence-electron chi connectivity index (χ2n) is 8.92. The lowest BCUT2D eigenvalue weighted by Gasteiger charge is -2.26. The number of ether oxygens (including phenoxy) is 2. The van der Waals surface area contributed by atoms with Crippen molar-refractivity contribution in [3.8, 4) is 23.0 Å². The van der Waals surface area contributed by atoms with E-state index in [0.717, 1.165) is 10.5 Å². The summed E-state index contributed by atoms with van der Waals surface area (Å²) in [5.41, 5.74) is 1.42. The number of amides is 1. The lowest BCUT2D eigenvalue weighted by atomic mass is 9.94. The Balaban J connectivity index is 1.73. The van der Waals surface area contributed by atoms with Crippen LogP contribution in [0.5, 0.6) is 23.0 Å². The van der Waals surface area contributed by atoms with Crippen LogP contribution >= 0.6 is 11.6 Å². The quantitative estimate of drug-likeness (QED) is 0.243. The number of carbonyl (C=O) groups excluding carboxylic acids is 2. The highest BCUT2D eigenvalue weighted by molar-refractivity contribution is 6.52. The number of rotatable bonds is 5. The first-order chi connectivity index (χ1) is 17.7. The zero-order chi connectivity index (χ0) is 26.4. The van der Waals surface area contributed by atoms with E-state index in [2.05, 4.69) is 0 Å². The predicted octanol–water partition coefficient (Wildman–Crippen LogP) is 5.10. The molecule has 3 aromatic rings. The molecule has 1 amide bonds. The van der Waals surface area contributed by atoms with Crippen LogP contribution in [0, 0.1) is 0 Å². The normalized spacial score (nSPS) is 20.1. The van der Waals surface area contributed by atoms with Crippen molar-refractivity contribution in [1.29, 1.82) is 0 Å². The molecule has 5 rings (SSSR count). The first kappa shape index (κ1) is 24.5. The fourth-order valence-electron chi connectivity index (χ4n) is 4.78. The van der Waals surface area contributed by atoms with Gasteiger partial charge in [0, 0.05) is 17.0 Å². The van der Waals surface area contributed by atoms with Crippen molar-refractivity contribution in [3.05, 3.63) is 81.9 Å². The van der Waals surface area contributed by atoms with Gasteiger partial charge in [0.1, 0.15) is 23.4 Å². The minimum atomic E-state index is -1.15. The molecule has 2 aliphatic rings. The summed E-state index contributed by atoms with van der Waals surface area (Å²) < 4.78 is 11.3. The van der Waals surface area contributed by atoms with Crippen LogP contribution in [0.1, 0.15) is 36.6 Å². The maximum Gasteiger partial charge on any atom is 0.300 e. The van der Waals surface area contributed by atoms with Crippen LogP contribution in [-0.4, -0.2) is 39.7 Å². The van der Waals surface area contributed by atoms with Crippen molar-refractivity contribution in [1.82, 2.24) is 0 Å². The molecule has 1 saturated heterocycles. The third-order valence-corrected chi connectivity index (χ3v) is 6.65. The van der Waals surface area contributed by atoms with Gasteiger partial charge in [0.15, 0.2) is 11.5 Å². The number of anilines is 1. The van der Waals surface area contributed by atoms with Crippen molar-refractivity contribution in [3.63, 3.8) is 0 Å². The number of carbonyl (C=O) groups is 2. The topological polar surface area (TPSA) is 117 Å². The second kappa shape index (κ2) is 9.37. The van der Waals surface area contributed by atoms with Crippen LogP contribution in [0.15, 0.2) is 60.2 Å². The number of benzene rings is 3. The Hall–Kier alpha value is -4.17. The third kappa shape index (κ3) is 4.23. The molecule has 0 bridgehead atoms. The van der Waals surface area contributed by atoms with Gasteiger partial charge in [0.05, 0.1) is 23.9 Å². The van der Waals surface area contributed by atoms with Crippen LogP contribution in [0.4, 0.5) is 5.69 Å². The van der Waals surface area contributed by atoms with Gasteiger partial charge in [-0.05, 0) is 73.5 Å². The SMILES string of the molecule is CCOc1cc(C2/C(=C(\O)c3ccc4c(c3)CC(C)O4)C(=O)C(=O)N2c2cc(Cl)ccc2O)ccc1O. The van der Waals surface area contributed by atoms with Gasteiger partial charge < -0.3 is 24.8 Å². The summed E-state index contributed by atoms with van der Waals surface area (Å²) in [7, 11) is 0. The van der Waals surface area contributed by atoms with E-state index >= 15 is 0 Å². The molecule has 0 spiro atoms. The second-order valence-corrected chi connectivity index (χ2v) is 9.35. The average molecular weight is 522 g/mol. The van der Waals surface area contributed by atoms with E-state index in [9.17, 15) is 24.9 Å². The fourth-order valence-corrected chi connectivity index (χ4v) is 4.95. The maximum absolute atomic E-state index is 13.4. The van der Waals surface area contributed by atoms with E-state index in [1.165, 1.54) is 36.4 Å². The van der Waals surface area contributed by atoms with Gasteiger partial charge in [0.25, 0.3) is 11.7 Å². The molecule has 0 saturated carbocycles. The zero-order valence-electron chi connectivity index (χ0n) is 20.1. The Bertz CT molecular complexity index is 1460. The Labute approximate surface area is 217 Å². The van der Waals surface area contributed by atoms with Crippen molar-refractivity contribution in [2.24, 2.45) is 0 Å². The highest BCUT2D eigenvalue weighted by Gasteiger charge is 2.48. The lowest BCUT2D eigenvalue weighted by molar-refractivity contribution is -0.132. The molecule has 9 heteroatoms. The number of ketones is 1. The summed E-state index contributed by atoms with van der Waals surface area (Å²) >= 11 is 6.16. The Morgan fingerprint density at radius 1 is 1.08 bits per heavy atom. The summed E-state index contributed by atoms with van der Waals surface area (Å²) in [5.74, 6) is -1.81. The number of aromatic hydroxyl groups is 2. The van der Waals surface area contributed by atoms with Gasteiger partial charge in [0.2, 0.25) is 0 Å². The minimum Gasteiger partial charge on any atom is -0.507 e. The number of Topliss-reactive ketones (excluding diaryl/α,β-unsaturated/α-hetero) is 1. The highest BCUT2D eigenvalue weighted by Crippen LogP contribution is 2.47. The molecule has 3 aromatic carbocycles. The van der Waals surface area contributed by atoms with Crippen molar-refractivity contribution >= 4 is 34.7 Å². The smallest absolute Gasteiger partial charge is 0.300 e. The summed E-state index contributed by atoms with van der Waals surface area (Å²) in [5, 5.41) is 32.5. The molecule has 0 aliphatic carbocycles. The number of aliphatic hydroxyl groups is 1. The van der Waals surface area contributed by atoms with Crippen LogP contribution in [0.3, 0.4) is 0 Å². The van der Waals surface area contributed by atoms with E-state index < -0.39 is 17.7 Å². The Morgan fingerprint density at radius 2 is 1.84 bits per heavy atom. The third-order valence-electron chi connectivity index (χ3n) is 6.41. The molecule has 8 nitrogen and oxygen atoms in total. The van der Waals surface area contributed by atoms with Crippen LogP contribution in [0.2, 0.25) is 5.02 Å².